The van der Waals surface area contributed by atoms with Crippen molar-refractivity contribution in [2.24, 2.45) is 5.73 Å². The standard InChI is InChI=1S/C12H13F2NO2/c13-12(14)5-11(6-12,7-15)9-4-2-1-3-8(9)10(16)17/h1-4H,5-7,15H2,(H,16,17). The summed E-state index contributed by atoms with van der Waals surface area (Å²) in [5.41, 5.74) is 5.16. The van der Waals surface area contributed by atoms with Gasteiger partial charge in [-0.3, -0.25) is 0 Å². The summed E-state index contributed by atoms with van der Waals surface area (Å²) in [5.74, 6) is -3.84. The molecule has 0 atom stereocenters. The molecule has 1 aromatic carbocycles. The van der Waals surface area contributed by atoms with E-state index in [2.05, 4.69) is 0 Å². The van der Waals surface area contributed by atoms with Gasteiger partial charge in [0.05, 0.1) is 5.56 Å². The van der Waals surface area contributed by atoms with Gasteiger partial charge in [0.1, 0.15) is 0 Å². The molecule has 0 aromatic heterocycles. The van der Waals surface area contributed by atoms with E-state index in [-0.39, 0.29) is 24.9 Å². The van der Waals surface area contributed by atoms with Crippen LogP contribution in [0, 0.1) is 0 Å². The number of hydrogen-bond acceptors (Lipinski definition) is 2. The first-order valence-electron chi connectivity index (χ1n) is 5.31. The molecule has 2 rings (SSSR count). The van der Waals surface area contributed by atoms with Crippen molar-refractivity contribution in [1.82, 2.24) is 0 Å². The second-order valence-corrected chi connectivity index (χ2v) is 4.54. The van der Waals surface area contributed by atoms with Crippen LogP contribution >= 0.6 is 0 Å². The number of alkyl halides is 2. The highest BCUT2D eigenvalue weighted by Gasteiger charge is 2.57. The van der Waals surface area contributed by atoms with Gasteiger partial charge in [0.15, 0.2) is 0 Å². The van der Waals surface area contributed by atoms with Gasteiger partial charge in [-0.15, -0.1) is 0 Å². The van der Waals surface area contributed by atoms with Crippen molar-refractivity contribution in [2.45, 2.75) is 24.2 Å². The Labute approximate surface area is 97.2 Å². The molecule has 0 bridgehead atoms. The quantitative estimate of drug-likeness (QED) is 0.850. The molecule has 1 fully saturated rings. The molecule has 0 saturated heterocycles. The van der Waals surface area contributed by atoms with Crippen molar-refractivity contribution < 1.29 is 18.7 Å². The van der Waals surface area contributed by atoms with Gasteiger partial charge in [-0.2, -0.15) is 0 Å². The molecule has 0 spiro atoms. The highest BCUT2D eigenvalue weighted by Crippen LogP contribution is 2.53. The van der Waals surface area contributed by atoms with Crippen LogP contribution in [0.4, 0.5) is 8.78 Å². The van der Waals surface area contributed by atoms with Gasteiger partial charge in [-0.25, -0.2) is 13.6 Å². The van der Waals surface area contributed by atoms with Crippen LogP contribution in [0.2, 0.25) is 0 Å². The fourth-order valence-corrected chi connectivity index (χ4v) is 2.52. The molecule has 0 amide bonds. The van der Waals surface area contributed by atoms with Gasteiger partial charge in [-0.1, -0.05) is 18.2 Å². The van der Waals surface area contributed by atoms with Crippen molar-refractivity contribution in [3.63, 3.8) is 0 Å². The molecule has 0 heterocycles. The Morgan fingerprint density at radius 2 is 1.94 bits per heavy atom. The summed E-state index contributed by atoms with van der Waals surface area (Å²) in [7, 11) is 0. The summed E-state index contributed by atoms with van der Waals surface area (Å²) in [6.07, 6.45) is -0.748. The number of carboxylic acid groups (broad SMARTS) is 1. The predicted octanol–water partition coefficient (Wildman–Crippen LogP) is 2.01. The number of benzene rings is 1. The Hall–Kier alpha value is -1.49. The van der Waals surface area contributed by atoms with E-state index < -0.39 is 17.3 Å². The molecule has 1 aliphatic carbocycles. The van der Waals surface area contributed by atoms with Crippen LogP contribution in [0.5, 0.6) is 0 Å². The van der Waals surface area contributed by atoms with Crippen molar-refractivity contribution in [2.75, 3.05) is 6.54 Å². The molecule has 3 nitrogen and oxygen atoms in total. The van der Waals surface area contributed by atoms with Crippen molar-refractivity contribution in [3.05, 3.63) is 35.4 Å². The predicted molar refractivity (Wildman–Crippen MR) is 58.3 cm³/mol. The molecule has 1 saturated carbocycles. The minimum atomic E-state index is -2.73. The van der Waals surface area contributed by atoms with E-state index in [1.54, 1.807) is 18.2 Å². The van der Waals surface area contributed by atoms with Gasteiger partial charge in [-0.05, 0) is 11.6 Å². The molecule has 1 aromatic rings. The maximum atomic E-state index is 13.0. The Morgan fingerprint density at radius 3 is 2.41 bits per heavy atom. The molecule has 1 aliphatic rings. The summed E-state index contributed by atoms with van der Waals surface area (Å²) in [4.78, 5) is 11.1. The third-order valence-corrected chi connectivity index (χ3v) is 3.31. The lowest BCUT2D eigenvalue weighted by Crippen LogP contribution is -2.54. The Balaban J connectivity index is 2.43. The minimum Gasteiger partial charge on any atom is -0.478 e. The van der Waals surface area contributed by atoms with Crippen LogP contribution in [-0.2, 0) is 5.41 Å². The average Bonchev–Trinajstić information content (AvgIpc) is 2.25. The van der Waals surface area contributed by atoms with E-state index in [9.17, 15) is 13.6 Å². The molecular weight excluding hydrogens is 228 g/mol. The number of rotatable bonds is 3. The lowest BCUT2D eigenvalue weighted by Gasteiger charge is -2.47. The van der Waals surface area contributed by atoms with E-state index in [0.717, 1.165) is 0 Å². The van der Waals surface area contributed by atoms with Crippen molar-refractivity contribution >= 4 is 5.97 Å². The lowest BCUT2D eigenvalue weighted by atomic mass is 9.61. The van der Waals surface area contributed by atoms with Gasteiger partial charge in [0, 0.05) is 24.8 Å². The lowest BCUT2D eigenvalue weighted by molar-refractivity contribution is -0.124. The number of carbonyl (C=O) groups is 1. The molecule has 92 valence electrons. The number of nitrogens with two attached hydrogens (primary N) is 1. The van der Waals surface area contributed by atoms with E-state index in [0.29, 0.717) is 5.56 Å². The second kappa shape index (κ2) is 3.77. The highest BCUT2D eigenvalue weighted by molar-refractivity contribution is 5.90. The summed E-state index contributed by atoms with van der Waals surface area (Å²) >= 11 is 0. The van der Waals surface area contributed by atoms with Crippen LogP contribution in [0.15, 0.2) is 24.3 Å². The number of halogens is 2. The fraction of sp³-hybridized carbons (Fsp3) is 0.417. The maximum absolute atomic E-state index is 13.0. The molecular formula is C12H13F2NO2. The van der Waals surface area contributed by atoms with E-state index in [1.165, 1.54) is 6.07 Å². The van der Waals surface area contributed by atoms with Gasteiger partial charge in [0.2, 0.25) is 5.92 Å². The zero-order valence-electron chi connectivity index (χ0n) is 9.12. The van der Waals surface area contributed by atoms with Gasteiger partial charge >= 0.3 is 5.97 Å². The van der Waals surface area contributed by atoms with Crippen LogP contribution < -0.4 is 5.73 Å². The van der Waals surface area contributed by atoms with Crippen molar-refractivity contribution in [1.29, 1.82) is 0 Å². The van der Waals surface area contributed by atoms with E-state index in [1.807, 2.05) is 0 Å². The summed E-state index contributed by atoms with van der Waals surface area (Å²) in [6.45, 7) is 0.0346. The van der Waals surface area contributed by atoms with Gasteiger partial charge in [0.25, 0.3) is 0 Å². The van der Waals surface area contributed by atoms with Gasteiger partial charge < -0.3 is 10.8 Å². The fourth-order valence-electron chi connectivity index (χ4n) is 2.52. The normalized spacial score (nSPS) is 20.6. The average molecular weight is 241 g/mol. The van der Waals surface area contributed by atoms with Crippen LogP contribution in [0.1, 0.15) is 28.8 Å². The first-order valence-corrected chi connectivity index (χ1v) is 5.31. The zero-order valence-corrected chi connectivity index (χ0v) is 9.12. The first kappa shape index (κ1) is 12.0. The third kappa shape index (κ3) is 1.91. The van der Waals surface area contributed by atoms with Crippen LogP contribution in [0.3, 0.4) is 0 Å². The third-order valence-electron chi connectivity index (χ3n) is 3.31. The van der Waals surface area contributed by atoms with E-state index >= 15 is 0 Å². The molecule has 0 radical (unpaired) electrons. The molecule has 17 heavy (non-hydrogen) atoms. The minimum absolute atomic E-state index is 0.0346. The first-order chi connectivity index (χ1) is 7.90. The number of aromatic carboxylic acids is 1. The SMILES string of the molecule is NCC1(c2ccccc2C(=O)O)CC(F)(F)C1. The maximum Gasteiger partial charge on any atom is 0.335 e. The Bertz CT molecular complexity index is 452. The summed E-state index contributed by atoms with van der Waals surface area (Å²) in [5, 5.41) is 9.05. The van der Waals surface area contributed by atoms with Crippen LogP contribution in [-0.4, -0.2) is 23.5 Å². The molecule has 0 aliphatic heterocycles. The largest absolute Gasteiger partial charge is 0.478 e. The van der Waals surface area contributed by atoms with Crippen LogP contribution in [0.25, 0.3) is 0 Å². The zero-order chi connectivity index (χ0) is 12.7. The number of hydrogen-bond donors (Lipinski definition) is 2. The molecule has 5 heteroatoms. The summed E-state index contributed by atoms with van der Waals surface area (Å²) < 4.78 is 26.1. The molecule has 0 unspecified atom stereocenters. The second-order valence-electron chi connectivity index (χ2n) is 4.54. The topological polar surface area (TPSA) is 63.3 Å². The highest BCUT2D eigenvalue weighted by atomic mass is 19.3. The number of carboxylic acids is 1. The smallest absolute Gasteiger partial charge is 0.335 e. The monoisotopic (exact) mass is 241 g/mol. The van der Waals surface area contributed by atoms with E-state index in [4.69, 9.17) is 10.8 Å². The Morgan fingerprint density at radius 1 is 1.35 bits per heavy atom. The molecule has 3 N–H and O–H groups in total. The van der Waals surface area contributed by atoms with Crippen molar-refractivity contribution in [3.8, 4) is 0 Å². The summed E-state index contributed by atoms with van der Waals surface area (Å²) in [6, 6.07) is 6.22. The Kier molecular flexibility index (Phi) is 2.66.